The zero-order valence-corrected chi connectivity index (χ0v) is 44.7. The molecule has 0 heterocycles. The van der Waals surface area contributed by atoms with Crippen LogP contribution in [0.15, 0.2) is 60.8 Å². The number of hydrogen-bond acceptors (Lipinski definition) is 8. The van der Waals surface area contributed by atoms with Crippen LogP contribution in [-0.2, 0) is 33.3 Å². The van der Waals surface area contributed by atoms with E-state index in [0.717, 1.165) is 44.9 Å². The Morgan fingerprint density at radius 2 is 0.824 bits per heavy atom. The van der Waals surface area contributed by atoms with E-state index in [-0.39, 0.29) is 38.6 Å². The molecule has 394 valence electrons. The molecule has 0 aromatic carbocycles. The Labute approximate surface area is 418 Å². The van der Waals surface area contributed by atoms with Crippen molar-refractivity contribution in [1.82, 2.24) is 0 Å². The summed E-state index contributed by atoms with van der Waals surface area (Å²) in [6.45, 7) is 4.54. The quantitative estimate of drug-likeness (QED) is 0.0195. The third-order valence-electron chi connectivity index (χ3n) is 12.1. The van der Waals surface area contributed by atoms with Gasteiger partial charge >= 0.3 is 11.9 Å². The van der Waals surface area contributed by atoms with Crippen LogP contribution in [0, 0.1) is 0 Å². The van der Waals surface area contributed by atoms with Crippen LogP contribution in [0.25, 0.3) is 0 Å². The highest BCUT2D eigenvalue weighted by Crippen LogP contribution is 2.17. The van der Waals surface area contributed by atoms with Gasteiger partial charge in [-0.2, -0.15) is 0 Å². The van der Waals surface area contributed by atoms with Gasteiger partial charge in [0.1, 0.15) is 13.2 Å². The van der Waals surface area contributed by atoms with Gasteiger partial charge in [-0.1, -0.05) is 248 Å². The van der Waals surface area contributed by atoms with Gasteiger partial charge in [-0.3, -0.25) is 9.59 Å². The first-order valence-electron chi connectivity index (χ1n) is 27.9. The molecule has 0 aliphatic heterocycles. The smallest absolute Gasteiger partial charge is 0.310 e. The van der Waals surface area contributed by atoms with Crippen molar-refractivity contribution >= 4 is 17.9 Å². The number of aliphatic carboxylic acids is 1. The number of nitrogens with zero attached hydrogens (tertiary/aromatic N) is 1. The zero-order valence-electron chi connectivity index (χ0n) is 44.7. The van der Waals surface area contributed by atoms with Crippen LogP contribution in [0.1, 0.15) is 239 Å². The molecule has 0 saturated carbocycles. The molecule has 0 spiro atoms. The zero-order chi connectivity index (χ0) is 49.9. The van der Waals surface area contributed by atoms with Gasteiger partial charge in [-0.25, -0.2) is 0 Å². The van der Waals surface area contributed by atoms with Gasteiger partial charge in [-0.05, 0) is 38.5 Å². The van der Waals surface area contributed by atoms with Crippen molar-refractivity contribution in [3.8, 4) is 0 Å². The van der Waals surface area contributed by atoms with Gasteiger partial charge in [-0.15, -0.1) is 0 Å². The van der Waals surface area contributed by atoms with Crippen molar-refractivity contribution in [3.63, 3.8) is 0 Å². The largest absolute Gasteiger partial charge is 0.545 e. The van der Waals surface area contributed by atoms with E-state index in [2.05, 4.69) is 56.4 Å². The molecular formula is C59H105NO8. The van der Waals surface area contributed by atoms with Crippen LogP contribution in [0.4, 0.5) is 0 Å². The fourth-order valence-electron chi connectivity index (χ4n) is 7.79. The van der Waals surface area contributed by atoms with Gasteiger partial charge in [0.2, 0.25) is 0 Å². The highest BCUT2D eigenvalue weighted by Gasteiger charge is 2.21. The van der Waals surface area contributed by atoms with E-state index in [0.29, 0.717) is 17.4 Å². The molecule has 2 unspecified atom stereocenters. The molecule has 0 aliphatic rings. The summed E-state index contributed by atoms with van der Waals surface area (Å²) in [7, 11) is 5.89. The molecule has 9 nitrogen and oxygen atoms in total. The average Bonchev–Trinajstić information content (AvgIpc) is 3.30. The number of carbonyl (C=O) groups excluding carboxylic acids is 3. The number of allylic oxidation sites excluding steroid dienone is 9. The number of carboxylic acid groups (broad SMARTS) is 1. The molecule has 0 bridgehead atoms. The maximum absolute atomic E-state index is 12.7. The maximum Gasteiger partial charge on any atom is 0.310 e. The summed E-state index contributed by atoms with van der Waals surface area (Å²) in [6.07, 6.45) is 60.4. The van der Waals surface area contributed by atoms with Crippen molar-refractivity contribution in [1.29, 1.82) is 0 Å². The molecule has 0 aliphatic carbocycles. The molecular weight excluding hydrogens is 851 g/mol. The Hall–Kier alpha value is -3.01. The molecule has 0 rings (SSSR count). The average molecular weight is 956 g/mol. The molecule has 0 radical (unpaired) electrons. The fourth-order valence-corrected chi connectivity index (χ4v) is 7.79. The Kier molecular flexibility index (Phi) is 48.2. The summed E-state index contributed by atoms with van der Waals surface area (Å²) in [6, 6.07) is 0. The van der Waals surface area contributed by atoms with Crippen molar-refractivity contribution in [3.05, 3.63) is 60.8 Å². The summed E-state index contributed by atoms with van der Waals surface area (Å²) in [5.41, 5.74) is 0. The maximum atomic E-state index is 12.7. The van der Waals surface area contributed by atoms with E-state index < -0.39 is 24.3 Å². The molecule has 0 aromatic heterocycles. The molecule has 0 fully saturated rings. The van der Waals surface area contributed by atoms with E-state index >= 15 is 0 Å². The minimum atomic E-state index is -1.65. The number of carbonyl (C=O) groups is 3. The standard InChI is InChI=1S/C59H105NO8/c1-6-8-10-12-14-16-18-20-22-23-24-25-26-27-28-29-30-31-32-33-34-36-37-39-41-43-45-47-49-56(61)66-53-55(54-67-59(58(63)64)65-52-51-60(3,4)5)68-57(62)50-48-46-44-42-40-38-35-21-19-17-15-13-11-9-7-2/h9,11,15,17,21,35,40,42,46,48,55,59H,6-8,10,12-14,16,18-20,22-34,36-39,41,43-45,47,49-54H2,1-5H3/b11-9-,17-15-,35-21-,42-40-,48-46-. The normalized spacial score (nSPS) is 13.2. The van der Waals surface area contributed by atoms with Crippen molar-refractivity contribution < 1.29 is 42.9 Å². The summed E-state index contributed by atoms with van der Waals surface area (Å²) >= 11 is 0. The van der Waals surface area contributed by atoms with Crippen molar-refractivity contribution in [2.75, 3.05) is 47.5 Å². The van der Waals surface area contributed by atoms with Crippen LogP contribution in [-0.4, -0.2) is 82.3 Å². The lowest BCUT2D eigenvalue weighted by Crippen LogP contribution is -2.44. The number of unbranched alkanes of at least 4 members (excludes halogenated alkanes) is 27. The summed E-state index contributed by atoms with van der Waals surface area (Å²) < 4.78 is 22.5. The van der Waals surface area contributed by atoms with E-state index in [4.69, 9.17) is 18.9 Å². The number of esters is 2. The number of rotatable bonds is 51. The van der Waals surface area contributed by atoms with Crippen LogP contribution in [0.5, 0.6) is 0 Å². The predicted molar refractivity (Wildman–Crippen MR) is 283 cm³/mol. The monoisotopic (exact) mass is 956 g/mol. The van der Waals surface area contributed by atoms with E-state index in [1.165, 1.54) is 161 Å². The molecule has 0 amide bonds. The molecule has 9 heteroatoms. The fraction of sp³-hybridized carbons (Fsp3) is 0.780. The second-order valence-electron chi connectivity index (χ2n) is 19.9. The summed E-state index contributed by atoms with van der Waals surface area (Å²) in [5.74, 6) is -2.44. The Morgan fingerprint density at radius 3 is 1.19 bits per heavy atom. The number of likely N-dealkylation sites (N-methyl/N-ethyl adjacent to an activating group) is 1. The highest BCUT2D eigenvalue weighted by atomic mass is 16.7. The number of carboxylic acids is 1. The lowest BCUT2D eigenvalue weighted by Gasteiger charge is -2.26. The van der Waals surface area contributed by atoms with Gasteiger partial charge in [0.05, 0.1) is 46.7 Å². The van der Waals surface area contributed by atoms with Crippen LogP contribution in [0.2, 0.25) is 0 Å². The highest BCUT2D eigenvalue weighted by molar-refractivity contribution is 5.71. The number of hydrogen-bond donors (Lipinski definition) is 0. The second-order valence-corrected chi connectivity index (χ2v) is 19.9. The minimum Gasteiger partial charge on any atom is -0.545 e. The van der Waals surface area contributed by atoms with Crippen LogP contribution < -0.4 is 5.11 Å². The van der Waals surface area contributed by atoms with Crippen LogP contribution in [0.3, 0.4) is 0 Å². The topological polar surface area (TPSA) is 111 Å². The first kappa shape index (κ1) is 65.0. The van der Waals surface area contributed by atoms with Crippen molar-refractivity contribution in [2.24, 2.45) is 0 Å². The van der Waals surface area contributed by atoms with Gasteiger partial charge in [0, 0.05) is 6.42 Å². The molecule has 68 heavy (non-hydrogen) atoms. The molecule has 0 saturated heterocycles. The van der Waals surface area contributed by atoms with Gasteiger partial charge in [0.15, 0.2) is 12.4 Å². The van der Waals surface area contributed by atoms with Gasteiger partial charge in [0.25, 0.3) is 0 Å². The molecule has 0 aromatic rings. The lowest BCUT2D eigenvalue weighted by molar-refractivity contribution is -0.870. The lowest BCUT2D eigenvalue weighted by atomic mass is 10.0. The van der Waals surface area contributed by atoms with E-state index in [9.17, 15) is 19.5 Å². The van der Waals surface area contributed by atoms with E-state index in [1.807, 2.05) is 33.3 Å². The van der Waals surface area contributed by atoms with Crippen LogP contribution >= 0.6 is 0 Å². The van der Waals surface area contributed by atoms with E-state index in [1.54, 1.807) is 6.08 Å². The predicted octanol–water partition coefficient (Wildman–Crippen LogP) is 14.7. The minimum absolute atomic E-state index is 0.0154. The number of quaternary nitrogens is 1. The van der Waals surface area contributed by atoms with Gasteiger partial charge < -0.3 is 33.3 Å². The Morgan fingerprint density at radius 1 is 0.456 bits per heavy atom. The molecule has 2 atom stereocenters. The SMILES string of the molecule is CC/C=C\C/C=C\C/C=C\C/C=C\C/C=C\CC(=O)OC(COC(=O)CCCCCCCCCCCCCCCCCCCCCCCCCCCCCC)COC(OCC[N+](C)(C)C)C(=O)[O-]. The first-order valence-corrected chi connectivity index (χ1v) is 27.9. The Balaban J connectivity index is 4.21. The second kappa shape index (κ2) is 50.4. The number of ether oxygens (including phenoxy) is 4. The third-order valence-corrected chi connectivity index (χ3v) is 12.1. The van der Waals surface area contributed by atoms with Crippen molar-refractivity contribution in [2.45, 2.75) is 251 Å². The summed E-state index contributed by atoms with van der Waals surface area (Å²) in [5, 5.41) is 11.7. The summed E-state index contributed by atoms with van der Waals surface area (Å²) in [4.78, 5) is 37.1. The third kappa shape index (κ3) is 50.9. The Bertz CT molecular complexity index is 1300. The molecule has 0 N–H and O–H groups in total. The first-order chi connectivity index (χ1) is 33.1.